The largest absolute Gasteiger partial charge is 0.334 e. The van der Waals surface area contributed by atoms with Gasteiger partial charge in [-0.25, -0.2) is 0 Å². The van der Waals surface area contributed by atoms with Gasteiger partial charge in [-0.05, 0) is 25.0 Å². The minimum absolute atomic E-state index is 0.215. The highest BCUT2D eigenvalue weighted by molar-refractivity contribution is 8.14. The second-order valence-electron chi connectivity index (χ2n) is 5.10. The third-order valence-electron chi connectivity index (χ3n) is 3.72. The highest BCUT2D eigenvalue weighted by Crippen LogP contribution is 2.40. The Morgan fingerprint density at radius 3 is 2.72 bits per heavy atom. The first kappa shape index (κ1) is 12.4. The van der Waals surface area contributed by atoms with E-state index in [1.54, 1.807) is 0 Å². The van der Waals surface area contributed by atoms with Crippen molar-refractivity contribution < 1.29 is 0 Å². The molecule has 0 bridgehead atoms. The second-order valence-corrected chi connectivity index (χ2v) is 6.47. The molecule has 1 fully saturated rings. The van der Waals surface area contributed by atoms with Crippen LogP contribution in [0.4, 0.5) is 5.69 Å². The molecular formula is C14H17ClN2S. The van der Waals surface area contributed by atoms with Gasteiger partial charge in [-0.2, -0.15) is 0 Å². The van der Waals surface area contributed by atoms with Crippen LogP contribution in [0.15, 0.2) is 29.3 Å². The Morgan fingerprint density at radius 1 is 1.17 bits per heavy atom. The Bertz CT molecular complexity index is 467. The summed E-state index contributed by atoms with van der Waals surface area (Å²) in [5.41, 5.74) is 1.17. The van der Waals surface area contributed by atoms with Crippen molar-refractivity contribution in [2.45, 2.75) is 37.6 Å². The van der Waals surface area contributed by atoms with Crippen molar-refractivity contribution in [2.75, 3.05) is 11.1 Å². The maximum Gasteiger partial charge on any atom is 0.161 e. The Labute approximate surface area is 117 Å². The standard InChI is InChI=1S/C14H17ClN2S/c15-11-6-2-3-7-12(11)16-13-17-14(10-18-13)8-4-1-5-9-14/h2-3,6-7H,1,4-5,8-10H2,(H,16,17). The lowest BCUT2D eigenvalue weighted by atomic mass is 9.84. The maximum atomic E-state index is 6.15. The van der Waals surface area contributed by atoms with E-state index in [1.807, 2.05) is 36.0 Å². The zero-order valence-corrected chi connectivity index (χ0v) is 11.9. The summed E-state index contributed by atoms with van der Waals surface area (Å²) < 4.78 is 0. The summed E-state index contributed by atoms with van der Waals surface area (Å²) in [6.07, 6.45) is 6.50. The predicted molar refractivity (Wildman–Crippen MR) is 80.8 cm³/mol. The quantitative estimate of drug-likeness (QED) is 0.816. The van der Waals surface area contributed by atoms with E-state index in [2.05, 4.69) is 5.32 Å². The van der Waals surface area contributed by atoms with Gasteiger partial charge in [-0.1, -0.05) is 54.8 Å². The molecule has 3 rings (SSSR count). The third-order valence-corrected chi connectivity index (χ3v) is 5.19. The molecule has 1 aliphatic heterocycles. The maximum absolute atomic E-state index is 6.15. The number of hydrogen-bond donors (Lipinski definition) is 1. The number of amidine groups is 1. The number of anilines is 1. The molecule has 0 saturated heterocycles. The number of para-hydroxylation sites is 1. The lowest BCUT2D eigenvalue weighted by Gasteiger charge is -2.29. The molecule has 1 saturated carbocycles. The minimum atomic E-state index is 0.215. The Morgan fingerprint density at radius 2 is 1.94 bits per heavy atom. The molecule has 0 aromatic heterocycles. The average molecular weight is 281 g/mol. The SMILES string of the molecule is Clc1ccccc1NC1=NC2(CCCCC2)CS1. The van der Waals surface area contributed by atoms with Crippen molar-refractivity contribution in [3.63, 3.8) is 0 Å². The molecule has 0 radical (unpaired) electrons. The number of nitrogens with zero attached hydrogens (tertiary/aromatic N) is 1. The van der Waals surface area contributed by atoms with Crippen LogP contribution < -0.4 is 5.32 Å². The summed E-state index contributed by atoms with van der Waals surface area (Å²) in [5.74, 6) is 1.12. The van der Waals surface area contributed by atoms with Crippen LogP contribution in [0.3, 0.4) is 0 Å². The van der Waals surface area contributed by atoms with Gasteiger partial charge in [-0.3, -0.25) is 4.99 Å². The average Bonchev–Trinajstić information content (AvgIpc) is 2.76. The van der Waals surface area contributed by atoms with E-state index in [0.29, 0.717) is 0 Å². The molecule has 4 heteroatoms. The molecule has 1 N–H and O–H groups in total. The molecule has 96 valence electrons. The van der Waals surface area contributed by atoms with Crippen LogP contribution in [0.5, 0.6) is 0 Å². The molecule has 2 aliphatic rings. The summed E-state index contributed by atoms with van der Waals surface area (Å²) in [6.45, 7) is 0. The second kappa shape index (κ2) is 5.14. The van der Waals surface area contributed by atoms with Crippen molar-refractivity contribution in [1.82, 2.24) is 0 Å². The topological polar surface area (TPSA) is 24.4 Å². The number of nitrogens with one attached hydrogen (secondary N) is 1. The van der Waals surface area contributed by atoms with E-state index in [0.717, 1.165) is 21.6 Å². The molecule has 18 heavy (non-hydrogen) atoms. The summed E-state index contributed by atoms with van der Waals surface area (Å²) in [6, 6.07) is 7.84. The van der Waals surface area contributed by atoms with Crippen molar-refractivity contribution in [3.8, 4) is 0 Å². The molecule has 0 atom stereocenters. The van der Waals surface area contributed by atoms with Crippen LogP contribution in [0.1, 0.15) is 32.1 Å². The molecule has 1 aliphatic carbocycles. The van der Waals surface area contributed by atoms with Gasteiger partial charge in [-0.15, -0.1) is 0 Å². The van der Waals surface area contributed by atoms with E-state index in [9.17, 15) is 0 Å². The van der Waals surface area contributed by atoms with Crippen LogP contribution in [0.25, 0.3) is 0 Å². The van der Waals surface area contributed by atoms with E-state index in [4.69, 9.17) is 16.6 Å². The Balaban J connectivity index is 1.74. The van der Waals surface area contributed by atoms with E-state index < -0.39 is 0 Å². The van der Waals surface area contributed by atoms with Gasteiger partial charge in [0.05, 0.1) is 16.2 Å². The van der Waals surface area contributed by atoms with Crippen molar-refractivity contribution in [1.29, 1.82) is 0 Å². The normalized spacial score (nSPS) is 21.9. The number of halogens is 1. The van der Waals surface area contributed by atoms with Gasteiger partial charge in [0.25, 0.3) is 0 Å². The molecule has 1 aromatic rings. The molecule has 1 aromatic carbocycles. The van der Waals surface area contributed by atoms with Gasteiger partial charge < -0.3 is 5.32 Å². The zero-order valence-electron chi connectivity index (χ0n) is 10.3. The first-order valence-corrected chi connectivity index (χ1v) is 7.88. The molecule has 1 spiro atoms. The summed E-state index contributed by atoms with van der Waals surface area (Å²) >= 11 is 7.98. The number of aliphatic imine (C=N–C) groups is 1. The van der Waals surface area contributed by atoms with Crippen LogP contribution >= 0.6 is 23.4 Å². The van der Waals surface area contributed by atoms with Crippen molar-refractivity contribution in [3.05, 3.63) is 29.3 Å². The van der Waals surface area contributed by atoms with Gasteiger partial charge in [0.2, 0.25) is 0 Å². The molecular weight excluding hydrogens is 264 g/mol. The third kappa shape index (κ3) is 2.52. The van der Waals surface area contributed by atoms with Crippen LogP contribution in [0, 0.1) is 0 Å². The van der Waals surface area contributed by atoms with E-state index >= 15 is 0 Å². The fraction of sp³-hybridized carbons (Fsp3) is 0.500. The number of thioether (sulfide) groups is 1. The molecule has 0 unspecified atom stereocenters. The predicted octanol–water partition coefficient (Wildman–Crippen LogP) is 4.56. The Kier molecular flexibility index (Phi) is 3.53. The molecule has 1 heterocycles. The highest BCUT2D eigenvalue weighted by atomic mass is 35.5. The van der Waals surface area contributed by atoms with Crippen LogP contribution in [-0.4, -0.2) is 16.5 Å². The molecule has 0 amide bonds. The molecule has 2 nitrogen and oxygen atoms in total. The zero-order chi connectivity index (χ0) is 12.4. The van der Waals surface area contributed by atoms with Gasteiger partial charge >= 0.3 is 0 Å². The van der Waals surface area contributed by atoms with Gasteiger partial charge in [0.15, 0.2) is 5.17 Å². The fourth-order valence-corrected chi connectivity index (χ4v) is 4.07. The number of rotatable bonds is 1. The van der Waals surface area contributed by atoms with Crippen molar-refractivity contribution in [2.24, 2.45) is 4.99 Å². The van der Waals surface area contributed by atoms with Gasteiger partial charge in [0.1, 0.15) is 0 Å². The fourth-order valence-electron chi connectivity index (χ4n) is 2.69. The first-order valence-electron chi connectivity index (χ1n) is 6.52. The summed E-state index contributed by atoms with van der Waals surface area (Å²) in [4.78, 5) is 4.93. The smallest absolute Gasteiger partial charge is 0.161 e. The van der Waals surface area contributed by atoms with E-state index in [1.165, 1.54) is 32.1 Å². The van der Waals surface area contributed by atoms with Crippen LogP contribution in [-0.2, 0) is 0 Å². The highest BCUT2D eigenvalue weighted by Gasteiger charge is 2.36. The Hall–Kier alpha value is -0.670. The van der Waals surface area contributed by atoms with Crippen molar-refractivity contribution >= 4 is 34.2 Å². The summed E-state index contributed by atoms with van der Waals surface area (Å²) in [7, 11) is 0. The lowest BCUT2D eigenvalue weighted by Crippen LogP contribution is -2.29. The lowest BCUT2D eigenvalue weighted by molar-refractivity contribution is 0.335. The monoisotopic (exact) mass is 280 g/mol. The van der Waals surface area contributed by atoms with Crippen LogP contribution in [0.2, 0.25) is 5.02 Å². The number of hydrogen-bond acceptors (Lipinski definition) is 3. The van der Waals surface area contributed by atoms with Gasteiger partial charge in [0, 0.05) is 5.75 Å². The minimum Gasteiger partial charge on any atom is -0.334 e. The number of benzene rings is 1. The van der Waals surface area contributed by atoms with E-state index in [-0.39, 0.29) is 5.54 Å². The first-order chi connectivity index (χ1) is 8.77. The summed E-state index contributed by atoms with van der Waals surface area (Å²) in [5, 5.41) is 5.15.